The van der Waals surface area contributed by atoms with Gasteiger partial charge in [0.05, 0.1) is 0 Å². The third-order valence-corrected chi connectivity index (χ3v) is 3.80. The summed E-state index contributed by atoms with van der Waals surface area (Å²) >= 11 is 11.2. The number of benzene rings is 2. The minimum atomic E-state index is 0.604. The summed E-state index contributed by atoms with van der Waals surface area (Å²) in [6.45, 7) is 0.758. The van der Waals surface area contributed by atoms with E-state index in [0.29, 0.717) is 4.77 Å². The third kappa shape index (κ3) is 3.37. The number of hydrogen-bond donors (Lipinski definition) is 2. The number of aromatic nitrogens is 3. The normalized spacial score (nSPS) is 10.6. The molecule has 0 atom stereocenters. The molecule has 3 rings (SSSR count). The van der Waals surface area contributed by atoms with Crippen molar-refractivity contribution in [2.45, 2.75) is 6.42 Å². The fourth-order valence-corrected chi connectivity index (χ4v) is 2.61. The average Bonchev–Trinajstić information content (AvgIpc) is 2.91. The Balaban J connectivity index is 1.71. The highest BCUT2D eigenvalue weighted by atomic mass is 35.5. The van der Waals surface area contributed by atoms with Crippen molar-refractivity contribution in [1.29, 1.82) is 0 Å². The molecule has 0 aliphatic rings. The van der Waals surface area contributed by atoms with Crippen molar-refractivity contribution in [3.63, 3.8) is 0 Å². The predicted molar refractivity (Wildman–Crippen MR) is 92.4 cm³/mol. The molecule has 22 heavy (non-hydrogen) atoms. The van der Waals surface area contributed by atoms with Crippen molar-refractivity contribution in [2.75, 3.05) is 11.9 Å². The molecule has 4 nitrogen and oxygen atoms in total. The van der Waals surface area contributed by atoms with Gasteiger partial charge in [0.25, 0.3) is 0 Å². The van der Waals surface area contributed by atoms with Gasteiger partial charge in [-0.3, -0.25) is 9.67 Å². The monoisotopic (exact) mass is 330 g/mol. The van der Waals surface area contributed by atoms with E-state index in [1.54, 1.807) is 0 Å². The largest absolute Gasteiger partial charge is 0.385 e. The summed E-state index contributed by atoms with van der Waals surface area (Å²) in [5.74, 6) is 0.901. The Morgan fingerprint density at radius 2 is 1.82 bits per heavy atom. The second-order valence-corrected chi connectivity index (χ2v) is 5.62. The van der Waals surface area contributed by atoms with E-state index in [1.807, 2.05) is 59.2 Å². The van der Waals surface area contributed by atoms with E-state index < -0.39 is 0 Å². The van der Waals surface area contributed by atoms with Gasteiger partial charge in [-0.25, -0.2) is 0 Å². The fraction of sp³-hybridized carbons (Fsp3) is 0.125. The molecule has 6 heteroatoms. The van der Waals surface area contributed by atoms with E-state index in [4.69, 9.17) is 23.8 Å². The van der Waals surface area contributed by atoms with Gasteiger partial charge in [-0.05, 0) is 48.6 Å². The van der Waals surface area contributed by atoms with Crippen molar-refractivity contribution in [2.24, 2.45) is 0 Å². The van der Waals surface area contributed by atoms with Crippen LogP contribution in [0.5, 0.6) is 0 Å². The molecule has 0 saturated carbocycles. The van der Waals surface area contributed by atoms with Crippen LogP contribution < -0.4 is 5.32 Å². The first-order valence-electron chi connectivity index (χ1n) is 6.95. The molecule has 0 fully saturated rings. The molecule has 2 N–H and O–H groups in total. The molecule has 0 radical (unpaired) electrons. The minimum absolute atomic E-state index is 0.604. The van der Waals surface area contributed by atoms with Gasteiger partial charge >= 0.3 is 0 Å². The summed E-state index contributed by atoms with van der Waals surface area (Å²) < 4.78 is 2.56. The summed E-state index contributed by atoms with van der Waals surface area (Å²) in [5.41, 5.74) is 2.05. The minimum Gasteiger partial charge on any atom is -0.385 e. The lowest BCUT2D eigenvalue weighted by Gasteiger charge is -2.08. The van der Waals surface area contributed by atoms with Gasteiger partial charge in [-0.1, -0.05) is 29.8 Å². The number of para-hydroxylation sites is 1. The lowest BCUT2D eigenvalue weighted by Crippen LogP contribution is -2.09. The predicted octanol–water partition coefficient (Wildman–Crippen LogP) is 4.24. The van der Waals surface area contributed by atoms with Crippen molar-refractivity contribution in [1.82, 2.24) is 14.8 Å². The van der Waals surface area contributed by atoms with Gasteiger partial charge < -0.3 is 5.32 Å². The second-order valence-electron chi connectivity index (χ2n) is 4.80. The van der Waals surface area contributed by atoms with Gasteiger partial charge in [0.1, 0.15) is 5.82 Å². The summed E-state index contributed by atoms with van der Waals surface area (Å²) in [5, 5.41) is 11.3. The summed E-state index contributed by atoms with van der Waals surface area (Å²) in [4.78, 5) is 0. The molecule has 0 bridgehead atoms. The van der Waals surface area contributed by atoms with Crippen molar-refractivity contribution in [3.8, 4) is 5.69 Å². The highest BCUT2D eigenvalue weighted by molar-refractivity contribution is 7.71. The van der Waals surface area contributed by atoms with Crippen LogP contribution in [0.4, 0.5) is 5.69 Å². The smallest absolute Gasteiger partial charge is 0.199 e. The number of hydrogen-bond acceptors (Lipinski definition) is 3. The van der Waals surface area contributed by atoms with Crippen molar-refractivity contribution >= 4 is 29.5 Å². The van der Waals surface area contributed by atoms with Crippen LogP contribution in [0.2, 0.25) is 5.02 Å². The first kappa shape index (κ1) is 14.8. The van der Waals surface area contributed by atoms with Gasteiger partial charge in [-0.2, -0.15) is 5.10 Å². The Bertz CT molecular complexity index is 793. The first-order valence-corrected chi connectivity index (χ1v) is 7.74. The molecule has 112 valence electrons. The molecule has 1 aromatic heterocycles. The number of H-pyrrole nitrogens is 1. The standard InChI is InChI=1S/C16H15ClN4S/c17-12-6-8-13(9-7-12)18-11-10-15-19-20-16(22)21(15)14-4-2-1-3-5-14/h1-9,18H,10-11H2,(H,20,22). The number of nitrogens with zero attached hydrogens (tertiary/aromatic N) is 2. The van der Waals surface area contributed by atoms with Crippen LogP contribution >= 0.6 is 23.8 Å². The Morgan fingerprint density at radius 1 is 1.09 bits per heavy atom. The topological polar surface area (TPSA) is 45.6 Å². The zero-order chi connectivity index (χ0) is 15.4. The Kier molecular flexibility index (Phi) is 4.56. The van der Waals surface area contributed by atoms with Crippen LogP contribution in [0.25, 0.3) is 5.69 Å². The van der Waals surface area contributed by atoms with Crippen molar-refractivity contribution in [3.05, 3.63) is 70.2 Å². The van der Waals surface area contributed by atoms with Crippen LogP contribution in [0.3, 0.4) is 0 Å². The molecular formula is C16H15ClN4S. The molecule has 0 aliphatic carbocycles. The van der Waals surface area contributed by atoms with Crippen LogP contribution in [-0.4, -0.2) is 21.3 Å². The third-order valence-electron chi connectivity index (χ3n) is 3.28. The molecule has 2 aromatic carbocycles. The Labute approximate surface area is 138 Å². The molecule has 0 amide bonds. The van der Waals surface area contributed by atoms with Gasteiger partial charge in [0.2, 0.25) is 0 Å². The van der Waals surface area contributed by atoms with E-state index in [2.05, 4.69) is 15.5 Å². The molecule has 1 heterocycles. The number of halogens is 1. The van der Waals surface area contributed by atoms with Gasteiger partial charge in [-0.15, -0.1) is 0 Å². The summed E-state index contributed by atoms with van der Waals surface area (Å²) in [7, 11) is 0. The lowest BCUT2D eigenvalue weighted by molar-refractivity contribution is 0.848. The molecule has 0 aliphatic heterocycles. The van der Waals surface area contributed by atoms with E-state index in [0.717, 1.165) is 35.2 Å². The zero-order valence-corrected chi connectivity index (χ0v) is 13.4. The second kappa shape index (κ2) is 6.77. The number of nitrogens with one attached hydrogen (secondary N) is 2. The van der Waals surface area contributed by atoms with E-state index >= 15 is 0 Å². The molecule has 0 spiro atoms. The first-order chi connectivity index (χ1) is 10.7. The highest BCUT2D eigenvalue weighted by Gasteiger charge is 2.07. The molecule has 0 saturated heterocycles. The zero-order valence-electron chi connectivity index (χ0n) is 11.8. The van der Waals surface area contributed by atoms with Crippen LogP contribution in [-0.2, 0) is 6.42 Å². The van der Waals surface area contributed by atoms with Gasteiger partial charge in [0.15, 0.2) is 4.77 Å². The number of aromatic amines is 1. The molecule has 3 aromatic rings. The molecular weight excluding hydrogens is 316 g/mol. The summed E-state index contributed by atoms with van der Waals surface area (Å²) in [6.07, 6.45) is 0.755. The van der Waals surface area contributed by atoms with Gasteiger partial charge in [0, 0.05) is 29.4 Å². The summed E-state index contributed by atoms with van der Waals surface area (Å²) in [6, 6.07) is 17.6. The van der Waals surface area contributed by atoms with E-state index in [9.17, 15) is 0 Å². The van der Waals surface area contributed by atoms with E-state index in [1.165, 1.54) is 0 Å². The fourth-order valence-electron chi connectivity index (χ4n) is 2.23. The Hall–Kier alpha value is -2.11. The highest BCUT2D eigenvalue weighted by Crippen LogP contribution is 2.14. The van der Waals surface area contributed by atoms with Crippen LogP contribution in [0.15, 0.2) is 54.6 Å². The lowest BCUT2D eigenvalue weighted by atomic mass is 10.3. The van der Waals surface area contributed by atoms with E-state index in [-0.39, 0.29) is 0 Å². The van der Waals surface area contributed by atoms with Crippen LogP contribution in [0, 0.1) is 4.77 Å². The van der Waals surface area contributed by atoms with Crippen LogP contribution in [0.1, 0.15) is 5.82 Å². The van der Waals surface area contributed by atoms with Crippen molar-refractivity contribution < 1.29 is 0 Å². The number of anilines is 1. The Morgan fingerprint density at radius 3 is 2.55 bits per heavy atom. The SMILES string of the molecule is S=c1[nH]nc(CCNc2ccc(Cl)cc2)n1-c1ccccc1. The maximum absolute atomic E-state index is 5.88. The maximum Gasteiger partial charge on any atom is 0.199 e. The quantitative estimate of drug-likeness (QED) is 0.688. The average molecular weight is 331 g/mol. The maximum atomic E-state index is 5.88. The number of rotatable bonds is 5. The molecule has 0 unspecified atom stereocenters.